The minimum atomic E-state index is -0.717. The van der Waals surface area contributed by atoms with Crippen LogP contribution in [0.25, 0.3) is 0 Å². The third kappa shape index (κ3) is 4.09. The summed E-state index contributed by atoms with van der Waals surface area (Å²) in [7, 11) is 3.12. The quantitative estimate of drug-likeness (QED) is 0.667. The smallest absolute Gasteiger partial charge is 0.248 e. The van der Waals surface area contributed by atoms with Crippen LogP contribution in [0.1, 0.15) is 11.1 Å². The molecule has 7 nitrogen and oxygen atoms in total. The fraction of sp³-hybridized carbons (Fsp3) is 0.333. The number of carbonyl (C=O) groups excluding carboxylic acids is 2. The van der Waals surface area contributed by atoms with Crippen molar-refractivity contribution >= 4 is 11.8 Å². The van der Waals surface area contributed by atoms with E-state index in [1.807, 2.05) is 36.4 Å². The molecule has 1 fully saturated rings. The van der Waals surface area contributed by atoms with Gasteiger partial charge in [0, 0.05) is 18.2 Å². The molecular formula is C21H24N2O5. The molecule has 1 aliphatic heterocycles. The molecule has 2 N–H and O–H groups in total. The van der Waals surface area contributed by atoms with Gasteiger partial charge in [0.05, 0.1) is 33.3 Å². The molecule has 1 heterocycles. The summed E-state index contributed by atoms with van der Waals surface area (Å²) in [5.41, 5.74) is 1.66. The lowest BCUT2D eigenvalue weighted by atomic mass is 9.94. The van der Waals surface area contributed by atoms with Gasteiger partial charge in [-0.1, -0.05) is 30.3 Å². The van der Waals surface area contributed by atoms with Crippen LogP contribution in [-0.2, 0) is 22.6 Å². The summed E-state index contributed by atoms with van der Waals surface area (Å²) in [5, 5.41) is 12.5. The number of aliphatic hydroxyl groups is 1. The van der Waals surface area contributed by atoms with Crippen molar-refractivity contribution in [3.05, 3.63) is 59.7 Å². The first-order chi connectivity index (χ1) is 13.6. The Bertz CT molecular complexity index is 840. The number of nitrogens with one attached hydrogen (secondary N) is 1. The average Bonchev–Trinajstić information content (AvgIpc) is 2.73. The van der Waals surface area contributed by atoms with Crippen LogP contribution in [0.15, 0.2) is 48.5 Å². The van der Waals surface area contributed by atoms with Crippen LogP contribution in [0.5, 0.6) is 11.5 Å². The van der Waals surface area contributed by atoms with Gasteiger partial charge in [0.15, 0.2) is 0 Å². The van der Waals surface area contributed by atoms with Crippen molar-refractivity contribution in [3.63, 3.8) is 0 Å². The summed E-state index contributed by atoms with van der Waals surface area (Å²) in [6, 6.07) is 13.5. The molecule has 2 aromatic carbocycles. The lowest BCUT2D eigenvalue weighted by Crippen LogP contribution is -2.71. The van der Waals surface area contributed by atoms with E-state index in [0.29, 0.717) is 11.5 Å². The maximum atomic E-state index is 12.6. The average molecular weight is 384 g/mol. The summed E-state index contributed by atoms with van der Waals surface area (Å²) in [6.07, 6.45) is 0.190. The van der Waals surface area contributed by atoms with Crippen LogP contribution < -0.4 is 14.8 Å². The number of rotatable bonds is 8. The summed E-state index contributed by atoms with van der Waals surface area (Å²) in [5.74, 6) is 0.781. The molecule has 2 aromatic rings. The predicted octanol–water partition coefficient (Wildman–Crippen LogP) is 1.13. The van der Waals surface area contributed by atoms with Gasteiger partial charge in [0.25, 0.3) is 0 Å². The van der Waals surface area contributed by atoms with Crippen molar-refractivity contribution in [1.82, 2.24) is 10.2 Å². The lowest BCUT2D eigenvalue weighted by molar-refractivity contribution is -0.157. The van der Waals surface area contributed by atoms with E-state index in [2.05, 4.69) is 5.32 Å². The highest BCUT2D eigenvalue weighted by Gasteiger charge is 2.47. The molecule has 1 aliphatic rings. The molecular weight excluding hydrogens is 360 g/mol. The van der Waals surface area contributed by atoms with Crippen LogP contribution in [0.3, 0.4) is 0 Å². The number of hydrogen-bond donors (Lipinski definition) is 2. The van der Waals surface area contributed by atoms with Gasteiger partial charge in [-0.3, -0.25) is 9.59 Å². The van der Waals surface area contributed by atoms with Crippen molar-refractivity contribution in [2.45, 2.75) is 25.0 Å². The van der Waals surface area contributed by atoms with E-state index >= 15 is 0 Å². The van der Waals surface area contributed by atoms with Gasteiger partial charge in [-0.15, -0.1) is 0 Å². The second-order valence-corrected chi connectivity index (χ2v) is 6.60. The molecule has 1 saturated heterocycles. The Hall–Kier alpha value is -3.06. The van der Waals surface area contributed by atoms with Crippen LogP contribution in [0.2, 0.25) is 0 Å². The first kappa shape index (κ1) is 19.7. The van der Waals surface area contributed by atoms with Crippen molar-refractivity contribution in [2.75, 3.05) is 20.8 Å². The van der Waals surface area contributed by atoms with Crippen molar-refractivity contribution in [2.24, 2.45) is 0 Å². The predicted molar refractivity (Wildman–Crippen MR) is 103 cm³/mol. The molecule has 0 saturated carbocycles. The maximum absolute atomic E-state index is 12.6. The Morgan fingerprint density at radius 3 is 2.54 bits per heavy atom. The number of likely N-dealkylation sites (tertiary alicyclic amines) is 1. The summed E-state index contributed by atoms with van der Waals surface area (Å²) < 4.78 is 10.6. The van der Waals surface area contributed by atoms with E-state index in [0.717, 1.165) is 11.1 Å². The molecule has 0 radical (unpaired) electrons. The zero-order chi connectivity index (χ0) is 20.1. The number of methoxy groups -OCH3 is 2. The molecule has 0 aromatic heterocycles. The zero-order valence-electron chi connectivity index (χ0n) is 15.9. The van der Waals surface area contributed by atoms with Gasteiger partial charge in [0.1, 0.15) is 17.5 Å². The Labute approximate surface area is 163 Å². The topological polar surface area (TPSA) is 88.1 Å². The molecule has 2 amide bonds. The van der Waals surface area contributed by atoms with Gasteiger partial charge in [-0.05, 0) is 17.7 Å². The highest BCUT2D eigenvalue weighted by atomic mass is 16.5. The van der Waals surface area contributed by atoms with E-state index in [4.69, 9.17) is 9.47 Å². The number of β-lactam (4-membered cyclic amide) rings is 1. The highest BCUT2D eigenvalue weighted by molar-refractivity contribution is 5.94. The SMILES string of the molecule is COc1ccc(CN2C(=O)[C@H](NC(=O)Cc3ccccc3)[C@@H]2CO)c(OC)c1. The molecule has 28 heavy (non-hydrogen) atoms. The number of aliphatic hydroxyl groups excluding tert-OH is 1. The molecule has 7 heteroatoms. The molecule has 0 bridgehead atoms. The number of hydrogen-bond acceptors (Lipinski definition) is 5. The second-order valence-electron chi connectivity index (χ2n) is 6.60. The maximum Gasteiger partial charge on any atom is 0.248 e. The normalized spacial score (nSPS) is 18.4. The van der Waals surface area contributed by atoms with E-state index in [1.165, 1.54) is 4.90 Å². The number of amides is 2. The van der Waals surface area contributed by atoms with Crippen molar-refractivity contribution < 1.29 is 24.2 Å². The van der Waals surface area contributed by atoms with Gasteiger partial charge in [-0.2, -0.15) is 0 Å². The fourth-order valence-electron chi connectivity index (χ4n) is 3.33. The Kier molecular flexibility index (Phi) is 6.16. The van der Waals surface area contributed by atoms with Gasteiger partial charge in [0.2, 0.25) is 11.8 Å². The number of ether oxygens (including phenoxy) is 2. The molecule has 0 aliphatic carbocycles. The highest BCUT2D eigenvalue weighted by Crippen LogP contribution is 2.29. The van der Waals surface area contributed by atoms with Gasteiger partial charge in [-0.25, -0.2) is 0 Å². The van der Waals surface area contributed by atoms with Crippen LogP contribution in [-0.4, -0.2) is 54.7 Å². The minimum Gasteiger partial charge on any atom is -0.497 e. The van der Waals surface area contributed by atoms with Crippen molar-refractivity contribution in [1.29, 1.82) is 0 Å². The van der Waals surface area contributed by atoms with Crippen LogP contribution in [0.4, 0.5) is 0 Å². The third-order valence-electron chi connectivity index (χ3n) is 4.88. The fourth-order valence-corrected chi connectivity index (χ4v) is 3.33. The van der Waals surface area contributed by atoms with E-state index in [1.54, 1.807) is 26.4 Å². The Morgan fingerprint density at radius 1 is 1.14 bits per heavy atom. The van der Waals surface area contributed by atoms with E-state index in [9.17, 15) is 14.7 Å². The third-order valence-corrected chi connectivity index (χ3v) is 4.88. The minimum absolute atomic E-state index is 0.190. The summed E-state index contributed by atoms with van der Waals surface area (Å²) in [4.78, 5) is 26.4. The molecule has 2 atom stereocenters. The largest absolute Gasteiger partial charge is 0.497 e. The molecule has 0 spiro atoms. The van der Waals surface area contributed by atoms with E-state index in [-0.39, 0.29) is 31.4 Å². The second kappa shape index (κ2) is 8.75. The van der Waals surface area contributed by atoms with E-state index < -0.39 is 12.1 Å². The lowest BCUT2D eigenvalue weighted by Gasteiger charge is -2.46. The first-order valence-electron chi connectivity index (χ1n) is 9.03. The molecule has 3 rings (SSSR count). The van der Waals surface area contributed by atoms with Crippen LogP contribution in [0, 0.1) is 0 Å². The standard InChI is InChI=1S/C21H24N2O5/c1-27-16-9-8-15(18(11-16)28-2)12-23-17(13-24)20(21(23)26)22-19(25)10-14-6-4-3-5-7-14/h3-9,11,17,20,24H,10,12-13H2,1-2H3,(H,22,25)/t17-,20+/m0/s1. The monoisotopic (exact) mass is 384 g/mol. The number of carbonyl (C=O) groups is 2. The summed E-state index contributed by atoms with van der Waals surface area (Å²) in [6.45, 7) is 0.0444. The number of benzene rings is 2. The van der Waals surface area contributed by atoms with Crippen molar-refractivity contribution in [3.8, 4) is 11.5 Å². The summed E-state index contributed by atoms with van der Waals surface area (Å²) >= 11 is 0. The molecule has 0 unspecified atom stereocenters. The van der Waals surface area contributed by atoms with Gasteiger partial charge >= 0.3 is 0 Å². The number of nitrogens with zero attached hydrogens (tertiary/aromatic N) is 1. The van der Waals surface area contributed by atoms with Crippen LogP contribution >= 0.6 is 0 Å². The Balaban J connectivity index is 1.64. The van der Waals surface area contributed by atoms with Gasteiger partial charge < -0.3 is 24.8 Å². The Morgan fingerprint density at radius 2 is 1.89 bits per heavy atom. The molecule has 148 valence electrons. The zero-order valence-corrected chi connectivity index (χ0v) is 15.9. The first-order valence-corrected chi connectivity index (χ1v) is 9.03.